The number of rotatable bonds is 5. The van der Waals surface area contributed by atoms with Crippen LogP contribution in [0.2, 0.25) is 0 Å². The van der Waals surface area contributed by atoms with Crippen molar-refractivity contribution >= 4 is 0 Å². The second-order valence-corrected chi connectivity index (χ2v) is 7.49. The Balaban J connectivity index is 2.04. The highest BCUT2D eigenvalue weighted by Crippen LogP contribution is 2.28. The molecule has 0 aliphatic heterocycles. The minimum Gasteiger partial charge on any atom is -0.200 e. The molecule has 0 bridgehead atoms. The summed E-state index contributed by atoms with van der Waals surface area (Å²) >= 11 is 0. The van der Waals surface area contributed by atoms with Crippen LogP contribution in [-0.2, 0) is 13.5 Å². The first-order valence-corrected chi connectivity index (χ1v) is 9.67. The normalized spacial score (nSPS) is 11.0. The van der Waals surface area contributed by atoms with Crippen LogP contribution in [0.15, 0.2) is 54.7 Å². The van der Waals surface area contributed by atoms with E-state index in [2.05, 4.69) is 94.0 Å². The number of aryl methyl sites for hydroxylation is 5. The molecular weight excluding hydrogens is 314 g/mol. The molecule has 0 radical (unpaired) electrons. The van der Waals surface area contributed by atoms with Crippen molar-refractivity contribution in [1.29, 1.82) is 0 Å². The summed E-state index contributed by atoms with van der Waals surface area (Å²) in [6, 6.07) is 18.0. The molecule has 1 heterocycles. The molecule has 2 aromatic carbocycles. The molecule has 0 unspecified atom stereocenters. The zero-order chi connectivity index (χ0) is 18.7. The van der Waals surface area contributed by atoms with Crippen molar-refractivity contribution in [1.82, 2.24) is 0 Å². The highest BCUT2D eigenvalue weighted by atomic mass is 14.9. The first-order chi connectivity index (χ1) is 12.5. The Morgan fingerprint density at radius 2 is 1.65 bits per heavy atom. The molecule has 1 aromatic heterocycles. The van der Waals surface area contributed by atoms with Crippen LogP contribution >= 0.6 is 0 Å². The molecule has 0 spiro atoms. The lowest BCUT2D eigenvalue weighted by atomic mass is 9.96. The van der Waals surface area contributed by atoms with Crippen molar-refractivity contribution in [3.8, 4) is 22.4 Å². The minimum atomic E-state index is 1.16. The maximum Gasteiger partial charge on any atom is 0.212 e. The lowest BCUT2D eigenvalue weighted by Crippen LogP contribution is -2.31. The molecule has 3 aromatic rings. The van der Waals surface area contributed by atoms with Gasteiger partial charge >= 0.3 is 0 Å². The average Bonchev–Trinajstić information content (AvgIpc) is 2.64. The van der Waals surface area contributed by atoms with Crippen LogP contribution in [0.25, 0.3) is 22.4 Å². The summed E-state index contributed by atoms with van der Waals surface area (Å²) in [5, 5.41) is 0. The van der Waals surface area contributed by atoms with Gasteiger partial charge < -0.3 is 0 Å². The van der Waals surface area contributed by atoms with Crippen LogP contribution in [0.1, 0.15) is 42.0 Å². The number of hydrogen-bond donors (Lipinski definition) is 0. The van der Waals surface area contributed by atoms with Crippen LogP contribution in [-0.4, -0.2) is 0 Å². The van der Waals surface area contributed by atoms with Crippen molar-refractivity contribution in [3.05, 3.63) is 77.0 Å². The summed E-state index contributed by atoms with van der Waals surface area (Å²) in [4.78, 5) is 0. The molecular formula is C25H30N+. The molecule has 0 saturated heterocycles. The number of aromatic nitrogens is 1. The Morgan fingerprint density at radius 1 is 0.846 bits per heavy atom. The zero-order valence-electron chi connectivity index (χ0n) is 16.8. The number of nitrogens with zero attached hydrogens (tertiary/aromatic N) is 1. The molecule has 0 fully saturated rings. The van der Waals surface area contributed by atoms with Crippen molar-refractivity contribution in [2.75, 3.05) is 0 Å². The van der Waals surface area contributed by atoms with Crippen LogP contribution in [0.5, 0.6) is 0 Å². The largest absolute Gasteiger partial charge is 0.212 e. The van der Waals surface area contributed by atoms with Gasteiger partial charge in [-0.05, 0) is 61.9 Å². The predicted molar refractivity (Wildman–Crippen MR) is 111 cm³/mol. The molecule has 0 aliphatic carbocycles. The number of benzene rings is 2. The van der Waals surface area contributed by atoms with Gasteiger partial charge in [0.2, 0.25) is 5.69 Å². The van der Waals surface area contributed by atoms with Crippen LogP contribution in [0.4, 0.5) is 0 Å². The highest BCUT2D eigenvalue weighted by Gasteiger charge is 2.17. The van der Waals surface area contributed by atoms with Gasteiger partial charge in [-0.25, -0.2) is 4.57 Å². The first-order valence-electron chi connectivity index (χ1n) is 9.67. The Kier molecular flexibility index (Phi) is 5.56. The Labute approximate surface area is 158 Å². The van der Waals surface area contributed by atoms with E-state index in [4.69, 9.17) is 0 Å². The minimum absolute atomic E-state index is 1.16. The molecule has 26 heavy (non-hydrogen) atoms. The summed E-state index contributed by atoms with van der Waals surface area (Å²) < 4.78 is 2.27. The van der Waals surface area contributed by atoms with E-state index >= 15 is 0 Å². The fourth-order valence-electron chi connectivity index (χ4n) is 3.61. The fourth-order valence-corrected chi connectivity index (χ4v) is 3.61. The molecule has 1 nitrogen and oxygen atoms in total. The van der Waals surface area contributed by atoms with Gasteiger partial charge in [0, 0.05) is 17.2 Å². The van der Waals surface area contributed by atoms with Gasteiger partial charge in [0.1, 0.15) is 7.05 Å². The molecule has 0 aliphatic rings. The standard InChI is InChI=1S/C25H30N/c1-6-7-9-21-10-8-11-22(16-21)24-17-26(5)25(15-20(24)4)23-14-18(2)12-13-19(23)3/h8,10-17H,6-7,9H2,1-5H3/q+1. The summed E-state index contributed by atoms with van der Waals surface area (Å²) in [6.07, 6.45) is 5.94. The van der Waals surface area contributed by atoms with Gasteiger partial charge in [-0.15, -0.1) is 0 Å². The van der Waals surface area contributed by atoms with E-state index in [9.17, 15) is 0 Å². The zero-order valence-corrected chi connectivity index (χ0v) is 16.8. The van der Waals surface area contributed by atoms with Crippen LogP contribution in [0, 0.1) is 20.8 Å². The molecule has 0 saturated carbocycles. The van der Waals surface area contributed by atoms with E-state index in [-0.39, 0.29) is 0 Å². The van der Waals surface area contributed by atoms with Gasteiger partial charge in [-0.2, -0.15) is 0 Å². The Hall–Kier alpha value is -2.41. The molecule has 134 valence electrons. The smallest absolute Gasteiger partial charge is 0.200 e. The lowest BCUT2D eigenvalue weighted by Gasteiger charge is -2.11. The van der Waals surface area contributed by atoms with Crippen molar-refractivity contribution < 1.29 is 4.57 Å². The number of pyridine rings is 1. The fraction of sp³-hybridized carbons (Fsp3) is 0.320. The van der Waals surface area contributed by atoms with E-state index in [0.717, 1.165) is 6.42 Å². The third-order valence-corrected chi connectivity index (χ3v) is 5.21. The quantitative estimate of drug-likeness (QED) is 0.491. The predicted octanol–water partition coefficient (Wildman–Crippen LogP) is 6.11. The summed E-state index contributed by atoms with van der Waals surface area (Å²) in [5.74, 6) is 0. The van der Waals surface area contributed by atoms with E-state index in [1.165, 1.54) is 57.5 Å². The van der Waals surface area contributed by atoms with Crippen molar-refractivity contribution in [3.63, 3.8) is 0 Å². The molecule has 0 amide bonds. The number of unbranched alkanes of at least 4 members (excludes halogenated alkanes) is 1. The van der Waals surface area contributed by atoms with E-state index in [1.807, 2.05) is 0 Å². The number of hydrogen-bond acceptors (Lipinski definition) is 0. The first kappa shape index (κ1) is 18.4. The SMILES string of the molecule is CCCCc1cccc(-c2c[n+](C)c(-c3cc(C)ccc3C)cc2C)c1. The molecule has 1 heteroatoms. The van der Waals surface area contributed by atoms with Crippen molar-refractivity contribution in [2.24, 2.45) is 7.05 Å². The maximum absolute atomic E-state index is 2.36. The van der Waals surface area contributed by atoms with Gasteiger partial charge in [0.25, 0.3) is 0 Å². The van der Waals surface area contributed by atoms with Gasteiger partial charge in [0.15, 0.2) is 6.20 Å². The topological polar surface area (TPSA) is 3.88 Å². The monoisotopic (exact) mass is 344 g/mol. The van der Waals surface area contributed by atoms with E-state index in [0.29, 0.717) is 0 Å². The van der Waals surface area contributed by atoms with E-state index < -0.39 is 0 Å². The highest BCUT2D eigenvalue weighted by molar-refractivity contribution is 5.70. The molecule has 0 atom stereocenters. The Bertz CT molecular complexity index is 921. The third-order valence-electron chi connectivity index (χ3n) is 5.21. The summed E-state index contributed by atoms with van der Waals surface area (Å²) in [6.45, 7) is 8.82. The van der Waals surface area contributed by atoms with E-state index in [1.54, 1.807) is 0 Å². The second kappa shape index (κ2) is 7.86. The van der Waals surface area contributed by atoms with Crippen LogP contribution in [0.3, 0.4) is 0 Å². The average molecular weight is 345 g/mol. The second-order valence-electron chi connectivity index (χ2n) is 7.49. The van der Waals surface area contributed by atoms with Gasteiger partial charge in [-0.1, -0.05) is 55.3 Å². The summed E-state index contributed by atoms with van der Waals surface area (Å²) in [5.41, 5.74) is 10.6. The third kappa shape index (κ3) is 3.88. The van der Waals surface area contributed by atoms with Crippen LogP contribution < -0.4 is 4.57 Å². The van der Waals surface area contributed by atoms with Gasteiger partial charge in [0.05, 0.1) is 0 Å². The molecule has 3 rings (SSSR count). The lowest BCUT2D eigenvalue weighted by molar-refractivity contribution is -0.660. The Morgan fingerprint density at radius 3 is 2.42 bits per heavy atom. The summed E-state index contributed by atoms with van der Waals surface area (Å²) in [7, 11) is 2.15. The van der Waals surface area contributed by atoms with Crippen molar-refractivity contribution in [2.45, 2.75) is 47.0 Å². The molecule has 0 N–H and O–H groups in total. The maximum atomic E-state index is 2.36. The van der Waals surface area contributed by atoms with Gasteiger partial charge in [-0.3, -0.25) is 0 Å².